The fourth-order valence-electron chi connectivity index (χ4n) is 2.65. The molecular weight excluding hydrogens is 340 g/mol. The lowest BCUT2D eigenvalue weighted by Gasteiger charge is -2.15. The molecule has 2 aromatic rings. The average molecular weight is 360 g/mol. The number of phenolic OH excluding ortho intramolecular Hbond substituents is 2. The number of methoxy groups -OCH3 is 3. The molecule has 2 N–H and O–H groups in total. The van der Waals surface area contributed by atoms with Crippen molar-refractivity contribution in [3.8, 4) is 23.0 Å². The fraction of sp³-hybridized carbons (Fsp3) is 0.263. The number of phenols is 2. The summed E-state index contributed by atoms with van der Waals surface area (Å²) in [6.45, 7) is 1.74. The van der Waals surface area contributed by atoms with Gasteiger partial charge in [-0.2, -0.15) is 0 Å². The third-order valence-electron chi connectivity index (χ3n) is 3.87. The predicted octanol–water partition coefficient (Wildman–Crippen LogP) is 2.37. The van der Waals surface area contributed by atoms with Gasteiger partial charge >= 0.3 is 5.97 Å². The number of ketones is 1. The highest BCUT2D eigenvalue weighted by Gasteiger charge is 2.26. The van der Waals surface area contributed by atoms with E-state index in [1.807, 2.05) is 0 Å². The van der Waals surface area contributed by atoms with Gasteiger partial charge in [0.15, 0.2) is 0 Å². The van der Waals surface area contributed by atoms with Crippen LogP contribution in [-0.2, 0) is 16.0 Å². The van der Waals surface area contributed by atoms with Gasteiger partial charge in [0.1, 0.15) is 28.6 Å². The molecule has 138 valence electrons. The van der Waals surface area contributed by atoms with Crippen molar-refractivity contribution in [1.29, 1.82) is 0 Å². The van der Waals surface area contributed by atoms with E-state index < -0.39 is 11.8 Å². The Morgan fingerprint density at radius 3 is 2.15 bits per heavy atom. The van der Waals surface area contributed by atoms with Gasteiger partial charge in [-0.1, -0.05) is 0 Å². The van der Waals surface area contributed by atoms with E-state index in [0.29, 0.717) is 5.56 Å². The summed E-state index contributed by atoms with van der Waals surface area (Å²) in [6, 6.07) is 5.72. The molecule has 0 fully saturated rings. The summed E-state index contributed by atoms with van der Waals surface area (Å²) in [6.07, 6.45) is -0.253. The number of hydrogen-bond donors (Lipinski definition) is 2. The monoisotopic (exact) mass is 360 g/mol. The third-order valence-corrected chi connectivity index (χ3v) is 3.87. The zero-order chi connectivity index (χ0) is 19.4. The molecule has 7 heteroatoms. The summed E-state index contributed by atoms with van der Waals surface area (Å²) in [5.74, 6) is -1.50. The van der Waals surface area contributed by atoms with Crippen molar-refractivity contribution in [1.82, 2.24) is 0 Å². The molecule has 0 bridgehead atoms. The van der Waals surface area contributed by atoms with E-state index >= 15 is 0 Å². The van der Waals surface area contributed by atoms with E-state index in [-0.39, 0.29) is 46.1 Å². The second kappa shape index (κ2) is 7.77. The zero-order valence-corrected chi connectivity index (χ0v) is 15.0. The molecule has 2 rings (SSSR count). The molecule has 0 aromatic heterocycles. The average Bonchev–Trinajstić information content (AvgIpc) is 2.59. The lowest BCUT2D eigenvalue weighted by molar-refractivity contribution is -0.139. The summed E-state index contributed by atoms with van der Waals surface area (Å²) in [5, 5.41) is 20.6. The van der Waals surface area contributed by atoms with Gasteiger partial charge in [-0.15, -0.1) is 0 Å². The maximum atomic E-state index is 13.1. The van der Waals surface area contributed by atoms with Gasteiger partial charge in [0.25, 0.3) is 0 Å². The van der Waals surface area contributed by atoms with Gasteiger partial charge in [0, 0.05) is 6.07 Å². The van der Waals surface area contributed by atoms with Crippen molar-refractivity contribution in [2.45, 2.75) is 13.3 Å². The zero-order valence-electron chi connectivity index (χ0n) is 15.0. The molecule has 26 heavy (non-hydrogen) atoms. The summed E-state index contributed by atoms with van der Waals surface area (Å²) in [5.41, 5.74) is 0.670. The predicted molar refractivity (Wildman–Crippen MR) is 93.2 cm³/mol. The van der Waals surface area contributed by atoms with E-state index in [9.17, 15) is 19.8 Å². The Balaban J connectivity index is 2.67. The van der Waals surface area contributed by atoms with Crippen molar-refractivity contribution in [2.24, 2.45) is 0 Å². The van der Waals surface area contributed by atoms with Crippen LogP contribution in [0.2, 0.25) is 0 Å². The van der Waals surface area contributed by atoms with E-state index in [0.717, 1.165) is 0 Å². The van der Waals surface area contributed by atoms with Crippen molar-refractivity contribution >= 4 is 11.8 Å². The number of aromatic hydroxyl groups is 2. The smallest absolute Gasteiger partial charge is 0.310 e. The first-order valence-corrected chi connectivity index (χ1v) is 7.71. The van der Waals surface area contributed by atoms with Gasteiger partial charge in [0.05, 0.1) is 33.3 Å². The molecule has 0 amide bonds. The minimum atomic E-state index is -0.682. The van der Waals surface area contributed by atoms with E-state index in [4.69, 9.17) is 9.47 Å². The normalized spacial score (nSPS) is 10.3. The molecule has 0 saturated carbocycles. The molecule has 0 radical (unpaired) electrons. The Labute approximate surface area is 150 Å². The van der Waals surface area contributed by atoms with Crippen LogP contribution in [0.3, 0.4) is 0 Å². The molecular formula is C19H20O7. The number of hydrogen-bond acceptors (Lipinski definition) is 7. The molecule has 0 atom stereocenters. The van der Waals surface area contributed by atoms with Crippen molar-refractivity contribution < 1.29 is 34.0 Å². The number of carbonyl (C=O) groups is 2. The van der Waals surface area contributed by atoms with Crippen LogP contribution in [0.1, 0.15) is 27.0 Å². The lowest BCUT2D eigenvalue weighted by Crippen LogP contribution is -2.13. The second-order valence-corrected chi connectivity index (χ2v) is 5.62. The highest BCUT2D eigenvalue weighted by Crippen LogP contribution is 2.36. The standard InChI is InChI=1S/C19H20O7/c1-10-5-13(20)18(15(6-10)25-3)19(23)17-11(8-16(22)26-4)7-12(24-2)9-14(17)21/h5-7,9,20-21H,8H2,1-4H3. The van der Waals surface area contributed by atoms with E-state index in [1.54, 1.807) is 13.0 Å². The maximum absolute atomic E-state index is 13.1. The topological polar surface area (TPSA) is 102 Å². The number of carbonyl (C=O) groups excluding carboxylic acids is 2. The van der Waals surface area contributed by atoms with Gasteiger partial charge in [-0.05, 0) is 36.2 Å². The highest BCUT2D eigenvalue weighted by molar-refractivity contribution is 6.15. The summed E-state index contributed by atoms with van der Waals surface area (Å²) >= 11 is 0. The molecule has 0 saturated heterocycles. The van der Waals surface area contributed by atoms with Crippen LogP contribution in [0, 0.1) is 6.92 Å². The van der Waals surface area contributed by atoms with Crippen LogP contribution in [0.15, 0.2) is 24.3 Å². The van der Waals surface area contributed by atoms with Gasteiger partial charge in [-0.25, -0.2) is 0 Å². The molecule has 0 unspecified atom stereocenters. The fourth-order valence-corrected chi connectivity index (χ4v) is 2.65. The first-order chi connectivity index (χ1) is 12.3. The molecule has 0 aliphatic heterocycles. The first kappa shape index (κ1) is 19.1. The first-order valence-electron chi connectivity index (χ1n) is 7.71. The molecule has 2 aromatic carbocycles. The van der Waals surface area contributed by atoms with Crippen molar-refractivity contribution in [3.63, 3.8) is 0 Å². The maximum Gasteiger partial charge on any atom is 0.310 e. The Morgan fingerprint density at radius 1 is 0.923 bits per heavy atom. The number of aryl methyl sites for hydroxylation is 1. The van der Waals surface area contributed by atoms with Crippen LogP contribution < -0.4 is 9.47 Å². The van der Waals surface area contributed by atoms with Crippen LogP contribution in [0.4, 0.5) is 0 Å². The Morgan fingerprint density at radius 2 is 1.58 bits per heavy atom. The largest absolute Gasteiger partial charge is 0.507 e. The number of rotatable bonds is 6. The van der Waals surface area contributed by atoms with Crippen molar-refractivity contribution in [3.05, 3.63) is 46.5 Å². The Bertz CT molecular complexity index is 855. The Kier molecular flexibility index (Phi) is 5.71. The summed E-state index contributed by atoms with van der Waals surface area (Å²) < 4.78 is 14.9. The highest BCUT2D eigenvalue weighted by atomic mass is 16.5. The molecule has 0 heterocycles. The van der Waals surface area contributed by atoms with Crippen molar-refractivity contribution in [2.75, 3.05) is 21.3 Å². The van der Waals surface area contributed by atoms with Gasteiger partial charge < -0.3 is 24.4 Å². The molecule has 0 aliphatic rings. The van der Waals surface area contributed by atoms with Gasteiger partial charge in [0.2, 0.25) is 5.78 Å². The SMILES string of the molecule is COC(=O)Cc1cc(OC)cc(O)c1C(=O)c1c(O)cc(C)cc1OC. The van der Waals surface area contributed by atoms with E-state index in [2.05, 4.69) is 4.74 Å². The second-order valence-electron chi connectivity index (χ2n) is 5.62. The minimum absolute atomic E-state index is 0.107. The summed E-state index contributed by atoms with van der Waals surface area (Å²) in [7, 11) is 3.99. The Hall–Kier alpha value is -3.22. The number of ether oxygens (including phenoxy) is 3. The van der Waals surface area contributed by atoms with E-state index in [1.165, 1.54) is 39.5 Å². The number of benzene rings is 2. The molecule has 0 spiro atoms. The number of esters is 1. The molecule has 0 aliphatic carbocycles. The van der Waals surface area contributed by atoms with Crippen LogP contribution in [0.5, 0.6) is 23.0 Å². The van der Waals surface area contributed by atoms with Crippen LogP contribution in [0.25, 0.3) is 0 Å². The minimum Gasteiger partial charge on any atom is -0.507 e. The molecule has 7 nitrogen and oxygen atoms in total. The van der Waals surface area contributed by atoms with Crippen LogP contribution in [-0.4, -0.2) is 43.3 Å². The van der Waals surface area contributed by atoms with Gasteiger partial charge in [-0.3, -0.25) is 9.59 Å². The quantitative estimate of drug-likeness (QED) is 0.602. The van der Waals surface area contributed by atoms with Crippen LogP contribution >= 0.6 is 0 Å². The third kappa shape index (κ3) is 3.72. The lowest BCUT2D eigenvalue weighted by atomic mass is 9.93. The summed E-state index contributed by atoms with van der Waals surface area (Å²) in [4.78, 5) is 24.8.